The third-order valence-electron chi connectivity index (χ3n) is 2.30. The third kappa shape index (κ3) is 4.84. The Bertz CT molecular complexity index is 568. The molecule has 0 saturated heterocycles. The molecule has 0 saturated carbocycles. The van der Waals surface area contributed by atoms with Gasteiger partial charge in [-0.05, 0) is 18.6 Å². The summed E-state index contributed by atoms with van der Waals surface area (Å²) in [6.07, 6.45) is 0. The monoisotopic (exact) mass is 288 g/mol. The van der Waals surface area contributed by atoms with Gasteiger partial charge in [0.15, 0.2) is 9.84 Å². The molecule has 1 atom stereocenters. The van der Waals surface area contributed by atoms with Gasteiger partial charge in [-0.2, -0.15) is 0 Å². The fourth-order valence-electron chi connectivity index (χ4n) is 1.66. The van der Waals surface area contributed by atoms with E-state index in [2.05, 4.69) is 0 Å². The van der Waals surface area contributed by atoms with Gasteiger partial charge in [-0.25, -0.2) is 8.42 Å². The Hall–Kier alpha value is -1.67. The summed E-state index contributed by atoms with van der Waals surface area (Å²) in [6, 6.07) is 3.44. The molecule has 0 radical (unpaired) electrons. The maximum absolute atomic E-state index is 11.8. The number of hydrogen-bond acceptors (Lipinski definition) is 6. The van der Waals surface area contributed by atoms with E-state index in [0.717, 1.165) is 0 Å². The maximum Gasteiger partial charge on any atom is 0.273 e. The summed E-state index contributed by atoms with van der Waals surface area (Å²) in [6.45, 7) is 1.59. The lowest BCUT2D eigenvalue weighted by molar-refractivity contribution is -0.385. The van der Waals surface area contributed by atoms with Gasteiger partial charge in [0.1, 0.15) is 5.75 Å². The number of nitro benzene ring substituents is 1. The number of non-ortho nitro benzene ring substituents is 1. The molecule has 1 unspecified atom stereocenters. The molecule has 0 aliphatic carbocycles. The molecule has 1 aromatic rings. The zero-order valence-corrected chi connectivity index (χ0v) is 11.5. The van der Waals surface area contributed by atoms with E-state index in [-0.39, 0.29) is 22.9 Å². The van der Waals surface area contributed by atoms with Crippen LogP contribution in [0.3, 0.4) is 0 Å². The second kappa shape index (κ2) is 5.98. The maximum atomic E-state index is 11.8. The fraction of sp³-hybridized carbons (Fsp3) is 0.455. The standard InChI is InChI=1S/C11H16N2O5S/c1-8(12)6-19(16,17)7-9-3-10(13(14)15)5-11(4-9)18-2/h3-5,8H,6-7,12H2,1-2H3. The third-order valence-corrected chi connectivity index (χ3v) is 4.11. The number of ether oxygens (including phenoxy) is 1. The van der Waals surface area contributed by atoms with Crippen LogP contribution in [0, 0.1) is 10.1 Å². The predicted octanol–water partition coefficient (Wildman–Crippen LogP) is 0.865. The Morgan fingerprint density at radius 2 is 2.05 bits per heavy atom. The molecule has 19 heavy (non-hydrogen) atoms. The highest BCUT2D eigenvalue weighted by molar-refractivity contribution is 7.90. The summed E-state index contributed by atoms with van der Waals surface area (Å²) >= 11 is 0. The first-order valence-electron chi connectivity index (χ1n) is 5.52. The molecule has 0 bridgehead atoms. The Morgan fingerprint density at radius 1 is 1.42 bits per heavy atom. The van der Waals surface area contributed by atoms with E-state index in [1.165, 1.54) is 25.3 Å². The SMILES string of the molecule is COc1cc(CS(=O)(=O)CC(C)N)cc([N+](=O)[O-])c1. The predicted molar refractivity (Wildman–Crippen MR) is 70.8 cm³/mol. The molecule has 0 heterocycles. The first-order chi connectivity index (χ1) is 8.73. The van der Waals surface area contributed by atoms with Gasteiger partial charge in [0.25, 0.3) is 5.69 Å². The van der Waals surface area contributed by atoms with Crippen LogP contribution in [-0.2, 0) is 15.6 Å². The smallest absolute Gasteiger partial charge is 0.273 e. The molecule has 0 aliphatic heterocycles. The molecule has 1 aromatic carbocycles. The number of nitrogens with zero attached hydrogens (tertiary/aromatic N) is 1. The van der Waals surface area contributed by atoms with E-state index in [1.807, 2.05) is 0 Å². The Kier molecular flexibility index (Phi) is 4.84. The van der Waals surface area contributed by atoms with Crippen LogP contribution < -0.4 is 10.5 Å². The molecule has 2 N–H and O–H groups in total. The average Bonchev–Trinajstić information content (AvgIpc) is 2.25. The summed E-state index contributed by atoms with van der Waals surface area (Å²) in [4.78, 5) is 10.2. The van der Waals surface area contributed by atoms with Crippen LogP contribution in [-0.4, -0.2) is 32.2 Å². The Morgan fingerprint density at radius 3 is 2.53 bits per heavy atom. The van der Waals surface area contributed by atoms with E-state index in [4.69, 9.17) is 10.5 Å². The topological polar surface area (TPSA) is 113 Å². The molecule has 0 amide bonds. The van der Waals surface area contributed by atoms with E-state index >= 15 is 0 Å². The van der Waals surface area contributed by atoms with Gasteiger partial charge in [0.2, 0.25) is 0 Å². The summed E-state index contributed by atoms with van der Waals surface area (Å²) in [5.74, 6) is -0.217. The fourth-order valence-corrected chi connectivity index (χ4v) is 3.26. The van der Waals surface area contributed by atoms with E-state index in [9.17, 15) is 18.5 Å². The first-order valence-corrected chi connectivity index (χ1v) is 7.34. The van der Waals surface area contributed by atoms with Crippen molar-refractivity contribution in [2.75, 3.05) is 12.9 Å². The molecular formula is C11H16N2O5S. The van der Waals surface area contributed by atoms with Crippen molar-refractivity contribution in [3.05, 3.63) is 33.9 Å². The first kappa shape index (κ1) is 15.4. The number of benzene rings is 1. The average molecular weight is 288 g/mol. The largest absolute Gasteiger partial charge is 0.496 e. The van der Waals surface area contributed by atoms with Crippen LogP contribution in [0.4, 0.5) is 5.69 Å². The quantitative estimate of drug-likeness (QED) is 0.613. The summed E-state index contributed by atoms with van der Waals surface area (Å²) in [5, 5.41) is 10.7. The minimum atomic E-state index is -3.40. The van der Waals surface area contributed by atoms with Crippen molar-refractivity contribution in [3.63, 3.8) is 0 Å². The lowest BCUT2D eigenvalue weighted by Gasteiger charge is -2.08. The number of nitrogens with two attached hydrogens (primary N) is 1. The van der Waals surface area contributed by atoms with Crippen molar-refractivity contribution < 1.29 is 18.1 Å². The van der Waals surface area contributed by atoms with Crippen molar-refractivity contribution in [2.24, 2.45) is 5.73 Å². The zero-order chi connectivity index (χ0) is 14.6. The normalized spacial score (nSPS) is 13.0. The van der Waals surface area contributed by atoms with Gasteiger partial charge in [-0.3, -0.25) is 10.1 Å². The molecule has 0 aliphatic rings. The number of hydrogen-bond donors (Lipinski definition) is 1. The van der Waals surface area contributed by atoms with Crippen LogP contribution in [0.1, 0.15) is 12.5 Å². The van der Waals surface area contributed by atoms with Crippen molar-refractivity contribution in [1.29, 1.82) is 0 Å². The second-order valence-electron chi connectivity index (χ2n) is 4.33. The van der Waals surface area contributed by atoms with Crippen LogP contribution in [0.2, 0.25) is 0 Å². The van der Waals surface area contributed by atoms with Gasteiger partial charge in [-0.15, -0.1) is 0 Å². The number of rotatable bonds is 6. The molecule has 1 rings (SSSR count). The van der Waals surface area contributed by atoms with Crippen molar-refractivity contribution >= 4 is 15.5 Å². The van der Waals surface area contributed by atoms with Crippen molar-refractivity contribution in [3.8, 4) is 5.75 Å². The van der Waals surface area contributed by atoms with E-state index in [1.54, 1.807) is 6.92 Å². The number of methoxy groups -OCH3 is 1. The zero-order valence-electron chi connectivity index (χ0n) is 10.7. The van der Waals surface area contributed by atoms with E-state index < -0.39 is 20.8 Å². The Balaban J connectivity index is 3.07. The Labute approximate surface area is 111 Å². The van der Waals surface area contributed by atoms with Crippen LogP contribution in [0.15, 0.2) is 18.2 Å². The van der Waals surface area contributed by atoms with E-state index in [0.29, 0.717) is 5.56 Å². The summed E-state index contributed by atoms with van der Waals surface area (Å²) < 4.78 is 28.5. The van der Waals surface area contributed by atoms with Crippen molar-refractivity contribution in [2.45, 2.75) is 18.7 Å². The minimum Gasteiger partial charge on any atom is -0.496 e. The van der Waals surface area contributed by atoms with Crippen LogP contribution in [0.25, 0.3) is 0 Å². The van der Waals surface area contributed by atoms with Gasteiger partial charge in [0.05, 0.1) is 29.6 Å². The minimum absolute atomic E-state index is 0.169. The molecule has 0 aromatic heterocycles. The molecule has 0 fully saturated rings. The van der Waals surface area contributed by atoms with Gasteiger partial charge in [0, 0.05) is 12.1 Å². The lowest BCUT2D eigenvalue weighted by atomic mass is 10.2. The molecular weight excluding hydrogens is 272 g/mol. The number of sulfone groups is 1. The molecule has 0 spiro atoms. The van der Waals surface area contributed by atoms with Gasteiger partial charge in [-0.1, -0.05) is 0 Å². The van der Waals surface area contributed by atoms with Gasteiger partial charge < -0.3 is 10.5 Å². The van der Waals surface area contributed by atoms with Crippen LogP contribution >= 0.6 is 0 Å². The highest BCUT2D eigenvalue weighted by Crippen LogP contribution is 2.24. The lowest BCUT2D eigenvalue weighted by Crippen LogP contribution is -2.27. The van der Waals surface area contributed by atoms with Gasteiger partial charge >= 0.3 is 0 Å². The highest BCUT2D eigenvalue weighted by atomic mass is 32.2. The summed E-state index contributed by atoms with van der Waals surface area (Å²) in [7, 11) is -2.04. The highest BCUT2D eigenvalue weighted by Gasteiger charge is 2.18. The number of nitro groups is 1. The summed E-state index contributed by atoms with van der Waals surface area (Å²) in [5.41, 5.74) is 5.56. The molecule has 7 nitrogen and oxygen atoms in total. The molecule has 106 valence electrons. The second-order valence-corrected chi connectivity index (χ2v) is 6.44. The molecule has 8 heteroatoms. The van der Waals surface area contributed by atoms with Crippen molar-refractivity contribution in [1.82, 2.24) is 0 Å². The van der Waals surface area contributed by atoms with Crippen LogP contribution in [0.5, 0.6) is 5.75 Å².